The fourth-order valence-electron chi connectivity index (χ4n) is 4.12. The summed E-state index contributed by atoms with van der Waals surface area (Å²) in [6.45, 7) is 6.78. The highest BCUT2D eigenvalue weighted by Gasteiger charge is 2.26. The number of hydrogen-bond acceptors (Lipinski definition) is 3. The van der Waals surface area contributed by atoms with Crippen molar-refractivity contribution in [1.82, 2.24) is 9.80 Å². The molecule has 5 nitrogen and oxygen atoms in total. The summed E-state index contributed by atoms with van der Waals surface area (Å²) in [5, 5.41) is 0.514. The summed E-state index contributed by atoms with van der Waals surface area (Å²) >= 11 is 6.31. The van der Waals surface area contributed by atoms with Gasteiger partial charge in [0.25, 0.3) is 5.91 Å². The predicted molar refractivity (Wildman–Crippen MR) is 115 cm³/mol. The minimum absolute atomic E-state index is 0.00441. The molecule has 0 radical (unpaired) electrons. The number of anilines is 1. The lowest BCUT2D eigenvalue weighted by Gasteiger charge is -2.35. The third kappa shape index (κ3) is 4.46. The van der Waals surface area contributed by atoms with Crippen LogP contribution in [0.5, 0.6) is 0 Å². The first-order valence-electron chi connectivity index (χ1n) is 10.2. The summed E-state index contributed by atoms with van der Waals surface area (Å²) in [5.74, 6) is 0.0750. The van der Waals surface area contributed by atoms with Gasteiger partial charge in [0.15, 0.2) is 0 Å². The lowest BCUT2D eigenvalue weighted by molar-refractivity contribution is -0.117. The van der Waals surface area contributed by atoms with E-state index in [9.17, 15) is 9.59 Å². The Morgan fingerprint density at radius 3 is 2.52 bits per heavy atom. The fraction of sp³-hybridized carbons (Fsp3) is 0.391. The SMILES string of the molecule is Cc1cccc(CN2CCN(C(=O)c3ccc(Cl)c(N4CCCC4=O)c3)CC2)c1. The van der Waals surface area contributed by atoms with Crippen molar-refractivity contribution < 1.29 is 9.59 Å². The number of halogens is 1. The van der Waals surface area contributed by atoms with Crippen LogP contribution in [0.25, 0.3) is 0 Å². The van der Waals surface area contributed by atoms with Crippen LogP contribution in [-0.4, -0.2) is 54.3 Å². The molecule has 2 amide bonds. The molecule has 2 aliphatic heterocycles. The topological polar surface area (TPSA) is 43.9 Å². The summed E-state index contributed by atoms with van der Waals surface area (Å²) in [5.41, 5.74) is 3.82. The van der Waals surface area contributed by atoms with Gasteiger partial charge in [0.05, 0.1) is 10.7 Å². The smallest absolute Gasteiger partial charge is 0.254 e. The molecule has 0 saturated carbocycles. The predicted octanol–water partition coefficient (Wildman–Crippen LogP) is 3.73. The van der Waals surface area contributed by atoms with Gasteiger partial charge in [-0.1, -0.05) is 41.4 Å². The zero-order valence-corrected chi connectivity index (χ0v) is 17.5. The van der Waals surface area contributed by atoms with Crippen molar-refractivity contribution in [2.75, 3.05) is 37.6 Å². The van der Waals surface area contributed by atoms with Crippen LogP contribution >= 0.6 is 11.6 Å². The summed E-state index contributed by atoms with van der Waals surface area (Å²) in [7, 11) is 0. The Morgan fingerprint density at radius 2 is 1.83 bits per heavy atom. The second-order valence-electron chi connectivity index (χ2n) is 7.87. The van der Waals surface area contributed by atoms with Crippen LogP contribution in [0.2, 0.25) is 5.02 Å². The molecular weight excluding hydrogens is 386 g/mol. The number of amides is 2. The molecule has 2 aromatic rings. The first kappa shape index (κ1) is 19.9. The highest BCUT2D eigenvalue weighted by atomic mass is 35.5. The van der Waals surface area contributed by atoms with Crippen LogP contribution in [0, 0.1) is 6.92 Å². The van der Waals surface area contributed by atoms with Gasteiger partial charge in [-0.25, -0.2) is 0 Å². The van der Waals surface area contributed by atoms with Crippen molar-refractivity contribution in [2.24, 2.45) is 0 Å². The highest BCUT2D eigenvalue weighted by molar-refractivity contribution is 6.34. The van der Waals surface area contributed by atoms with Gasteiger partial charge >= 0.3 is 0 Å². The Kier molecular flexibility index (Phi) is 5.88. The van der Waals surface area contributed by atoms with Gasteiger partial charge in [0.1, 0.15) is 0 Å². The molecule has 0 aliphatic carbocycles. The van der Waals surface area contributed by atoms with Crippen molar-refractivity contribution in [1.29, 1.82) is 0 Å². The van der Waals surface area contributed by atoms with Crippen LogP contribution in [0.4, 0.5) is 5.69 Å². The molecule has 0 bridgehead atoms. The number of carbonyl (C=O) groups excluding carboxylic acids is 2. The number of benzene rings is 2. The maximum absolute atomic E-state index is 13.0. The van der Waals surface area contributed by atoms with Crippen molar-refractivity contribution in [3.8, 4) is 0 Å². The second kappa shape index (κ2) is 8.56. The average Bonchev–Trinajstić information content (AvgIpc) is 3.14. The maximum Gasteiger partial charge on any atom is 0.254 e. The molecule has 0 atom stereocenters. The number of aryl methyl sites for hydroxylation is 1. The number of hydrogen-bond donors (Lipinski definition) is 0. The zero-order valence-electron chi connectivity index (χ0n) is 16.7. The van der Waals surface area contributed by atoms with E-state index in [1.807, 2.05) is 4.90 Å². The number of nitrogens with zero attached hydrogens (tertiary/aromatic N) is 3. The molecule has 0 N–H and O–H groups in total. The molecule has 4 rings (SSSR count). The van der Waals surface area contributed by atoms with E-state index in [0.717, 1.165) is 26.1 Å². The Hall–Kier alpha value is -2.37. The van der Waals surface area contributed by atoms with Gasteiger partial charge in [0.2, 0.25) is 5.91 Å². The van der Waals surface area contributed by atoms with Gasteiger partial charge in [-0.2, -0.15) is 0 Å². The molecule has 0 aromatic heterocycles. The van der Waals surface area contributed by atoms with Gasteiger partial charge in [-0.15, -0.1) is 0 Å². The Bertz CT molecular complexity index is 922. The average molecular weight is 412 g/mol. The largest absolute Gasteiger partial charge is 0.336 e. The van der Waals surface area contributed by atoms with Crippen molar-refractivity contribution >= 4 is 29.1 Å². The molecule has 152 valence electrons. The van der Waals surface area contributed by atoms with Crippen molar-refractivity contribution in [3.63, 3.8) is 0 Å². The minimum atomic E-state index is 0.00441. The molecule has 6 heteroatoms. The quantitative estimate of drug-likeness (QED) is 0.769. The van der Waals surface area contributed by atoms with E-state index in [2.05, 4.69) is 36.1 Å². The maximum atomic E-state index is 13.0. The Balaban J connectivity index is 1.40. The molecule has 0 unspecified atom stereocenters. The molecule has 0 spiro atoms. The number of piperazine rings is 1. The van der Waals surface area contributed by atoms with Crippen LogP contribution in [-0.2, 0) is 11.3 Å². The summed E-state index contributed by atoms with van der Waals surface area (Å²) < 4.78 is 0. The van der Waals surface area contributed by atoms with E-state index in [1.54, 1.807) is 23.1 Å². The van der Waals surface area contributed by atoms with Crippen molar-refractivity contribution in [2.45, 2.75) is 26.3 Å². The molecule has 2 saturated heterocycles. The molecule has 2 fully saturated rings. The van der Waals surface area contributed by atoms with Crippen LogP contribution in [0.1, 0.15) is 34.3 Å². The summed E-state index contributed by atoms with van der Waals surface area (Å²) in [4.78, 5) is 31.1. The van der Waals surface area contributed by atoms with Gasteiger partial charge < -0.3 is 9.80 Å². The van der Waals surface area contributed by atoms with E-state index in [0.29, 0.717) is 42.3 Å². The highest BCUT2D eigenvalue weighted by Crippen LogP contribution is 2.31. The third-order valence-corrected chi connectivity index (χ3v) is 6.03. The normalized spacial score (nSPS) is 17.8. The van der Waals surface area contributed by atoms with Crippen LogP contribution in [0.15, 0.2) is 42.5 Å². The van der Waals surface area contributed by atoms with Crippen LogP contribution in [0.3, 0.4) is 0 Å². The third-order valence-electron chi connectivity index (χ3n) is 5.71. The van der Waals surface area contributed by atoms with E-state index in [-0.39, 0.29) is 11.8 Å². The lowest BCUT2D eigenvalue weighted by Crippen LogP contribution is -2.48. The van der Waals surface area contributed by atoms with E-state index < -0.39 is 0 Å². The molecule has 2 heterocycles. The van der Waals surface area contributed by atoms with Gasteiger partial charge in [-0.05, 0) is 37.1 Å². The molecule has 2 aliphatic rings. The van der Waals surface area contributed by atoms with E-state index in [4.69, 9.17) is 11.6 Å². The first-order chi connectivity index (χ1) is 14.0. The lowest BCUT2D eigenvalue weighted by atomic mass is 10.1. The zero-order chi connectivity index (χ0) is 20.4. The molecule has 2 aromatic carbocycles. The molecular formula is C23H26ClN3O2. The van der Waals surface area contributed by atoms with Gasteiger partial charge in [0, 0.05) is 51.3 Å². The fourth-order valence-corrected chi connectivity index (χ4v) is 4.34. The van der Waals surface area contributed by atoms with E-state index in [1.165, 1.54) is 11.1 Å². The van der Waals surface area contributed by atoms with E-state index >= 15 is 0 Å². The molecule has 29 heavy (non-hydrogen) atoms. The Morgan fingerprint density at radius 1 is 1.03 bits per heavy atom. The Labute approximate surface area is 176 Å². The monoisotopic (exact) mass is 411 g/mol. The van der Waals surface area contributed by atoms with Gasteiger partial charge in [-0.3, -0.25) is 14.5 Å². The second-order valence-corrected chi connectivity index (χ2v) is 8.28. The number of carbonyl (C=O) groups is 2. The van der Waals surface area contributed by atoms with Crippen LogP contribution < -0.4 is 4.90 Å². The summed E-state index contributed by atoms with van der Waals surface area (Å²) in [6, 6.07) is 13.8. The number of rotatable bonds is 4. The standard InChI is InChI=1S/C23H26ClN3O2/c1-17-4-2-5-18(14-17)16-25-10-12-26(13-11-25)23(29)19-7-8-20(24)21(15-19)27-9-3-6-22(27)28/h2,4-5,7-8,14-15H,3,6,9-13,16H2,1H3. The van der Waals surface area contributed by atoms with Crippen molar-refractivity contribution in [3.05, 3.63) is 64.2 Å². The summed E-state index contributed by atoms with van der Waals surface area (Å²) in [6.07, 6.45) is 1.37. The first-order valence-corrected chi connectivity index (χ1v) is 10.6. The minimum Gasteiger partial charge on any atom is -0.336 e.